The molecule has 2 aromatic heterocycles. The molecule has 2 heterocycles. The molecule has 5 heteroatoms. The van der Waals surface area contributed by atoms with E-state index in [0.717, 1.165) is 11.5 Å². The first-order valence-electron chi connectivity index (χ1n) is 5.48. The molecule has 0 N–H and O–H groups in total. The highest BCUT2D eigenvalue weighted by molar-refractivity contribution is 6.29. The molecule has 0 aliphatic rings. The van der Waals surface area contributed by atoms with Crippen LogP contribution in [-0.4, -0.2) is 22.8 Å². The Morgan fingerprint density at radius 2 is 2.17 bits per heavy atom. The van der Waals surface area contributed by atoms with Crippen LogP contribution in [-0.2, 0) is 6.54 Å². The lowest BCUT2D eigenvalue weighted by Crippen LogP contribution is -2.26. The first-order chi connectivity index (χ1) is 8.56. The number of hydrogen-bond donors (Lipinski definition) is 0. The zero-order chi connectivity index (χ0) is 13.1. The molecule has 0 fully saturated rings. The van der Waals surface area contributed by atoms with Gasteiger partial charge in [-0.05, 0) is 31.2 Å². The number of furan rings is 1. The van der Waals surface area contributed by atoms with Crippen molar-refractivity contribution < 1.29 is 9.21 Å². The molecule has 0 spiro atoms. The molecule has 1 amide bonds. The number of aromatic nitrogens is 1. The van der Waals surface area contributed by atoms with Crippen LogP contribution in [0.4, 0.5) is 0 Å². The first kappa shape index (κ1) is 12.6. The minimum Gasteiger partial charge on any atom is -0.464 e. The Hall–Kier alpha value is -1.81. The Labute approximate surface area is 110 Å². The van der Waals surface area contributed by atoms with Crippen molar-refractivity contribution in [2.45, 2.75) is 13.5 Å². The van der Waals surface area contributed by atoms with E-state index in [1.54, 1.807) is 24.1 Å². The summed E-state index contributed by atoms with van der Waals surface area (Å²) in [6.07, 6.45) is 1.47. The van der Waals surface area contributed by atoms with E-state index in [9.17, 15) is 4.79 Å². The number of aryl methyl sites for hydroxylation is 1. The lowest BCUT2D eigenvalue weighted by molar-refractivity contribution is 0.0774. The van der Waals surface area contributed by atoms with Gasteiger partial charge in [0, 0.05) is 13.2 Å². The maximum Gasteiger partial charge on any atom is 0.255 e. The van der Waals surface area contributed by atoms with Crippen LogP contribution in [0.5, 0.6) is 0 Å². The highest BCUT2D eigenvalue weighted by Gasteiger charge is 2.13. The zero-order valence-corrected chi connectivity index (χ0v) is 10.9. The van der Waals surface area contributed by atoms with Gasteiger partial charge in [-0.1, -0.05) is 11.6 Å². The van der Waals surface area contributed by atoms with E-state index in [0.29, 0.717) is 17.3 Å². The van der Waals surface area contributed by atoms with Gasteiger partial charge >= 0.3 is 0 Å². The molecular weight excluding hydrogens is 252 g/mol. The van der Waals surface area contributed by atoms with Gasteiger partial charge in [-0.15, -0.1) is 0 Å². The fourth-order valence-corrected chi connectivity index (χ4v) is 1.71. The fraction of sp³-hybridized carbons (Fsp3) is 0.231. The van der Waals surface area contributed by atoms with Crippen LogP contribution in [0.2, 0.25) is 5.15 Å². The summed E-state index contributed by atoms with van der Waals surface area (Å²) in [4.78, 5) is 17.5. The zero-order valence-electron chi connectivity index (χ0n) is 10.2. The maximum absolute atomic E-state index is 12.1. The van der Waals surface area contributed by atoms with Crippen molar-refractivity contribution in [2.24, 2.45) is 0 Å². The second-order valence-electron chi connectivity index (χ2n) is 4.04. The molecule has 18 heavy (non-hydrogen) atoms. The Kier molecular flexibility index (Phi) is 3.67. The number of nitrogens with zero attached hydrogens (tertiary/aromatic N) is 2. The quantitative estimate of drug-likeness (QED) is 0.801. The number of pyridine rings is 1. The molecule has 2 aromatic rings. The maximum atomic E-state index is 12.1. The summed E-state index contributed by atoms with van der Waals surface area (Å²) < 4.78 is 5.43. The van der Waals surface area contributed by atoms with Crippen molar-refractivity contribution in [1.29, 1.82) is 0 Å². The Morgan fingerprint density at radius 3 is 2.72 bits per heavy atom. The minimum atomic E-state index is -0.117. The van der Waals surface area contributed by atoms with Crippen LogP contribution < -0.4 is 0 Å². The number of halogens is 1. The van der Waals surface area contributed by atoms with Crippen molar-refractivity contribution in [3.63, 3.8) is 0 Å². The summed E-state index contributed by atoms with van der Waals surface area (Å²) in [7, 11) is 1.72. The van der Waals surface area contributed by atoms with E-state index in [-0.39, 0.29) is 5.91 Å². The third kappa shape index (κ3) is 2.90. The number of carbonyl (C=O) groups excluding carboxylic acids is 1. The SMILES string of the molecule is Cc1ccc(CN(C)C(=O)c2ccc(Cl)nc2)o1. The van der Waals surface area contributed by atoms with Gasteiger partial charge in [0.25, 0.3) is 5.91 Å². The first-order valence-corrected chi connectivity index (χ1v) is 5.86. The lowest BCUT2D eigenvalue weighted by Gasteiger charge is -2.15. The molecule has 0 atom stereocenters. The summed E-state index contributed by atoms with van der Waals surface area (Å²) >= 11 is 5.68. The number of carbonyl (C=O) groups is 1. The average molecular weight is 265 g/mol. The molecule has 0 saturated heterocycles. The largest absolute Gasteiger partial charge is 0.464 e. The number of amides is 1. The molecule has 0 unspecified atom stereocenters. The molecule has 4 nitrogen and oxygen atoms in total. The molecule has 0 radical (unpaired) electrons. The van der Waals surface area contributed by atoms with Gasteiger partial charge in [-0.25, -0.2) is 4.98 Å². The van der Waals surface area contributed by atoms with Crippen LogP contribution in [0.3, 0.4) is 0 Å². The summed E-state index contributed by atoms with van der Waals surface area (Å²) in [6, 6.07) is 6.98. The van der Waals surface area contributed by atoms with Gasteiger partial charge in [-0.2, -0.15) is 0 Å². The van der Waals surface area contributed by atoms with Gasteiger partial charge in [0.2, 0.25) is 0 Å². The van der Waals surface area contributed by atoms with Crippen LogP contribution in [0, 0.1) is 6.92 Å². The van der Waals surface area contributed by atoms with Crippen LogP contribution in [0.15, 0.2) is 34.9 Å². The highest BCUT2D eigenvalue weighted by Crippen LogP contribution is 2.12. The second kappa shape index (κ2) is 5.23. The lowest BCUT2D eigenvalue weighted by atomic mass is 10.2. The summed E-state index contributed by atoms with van der Waals surface area (Å²) in [5, 5.41) is 0.371. The second-order valence-corrected chi connectivity index (χ2v) is 4.43. The van der Waals surface area contributed by atoms with Gasteiger partial charge in [-0.3, -0.25) is 4.79 Å². The highest BCUT2D eigenvalue weighted by atomic mass is 35.5. The van der Waals surface area contributed by atoms with E-state index in [1.807, 2.05) is 19.1 Å². The average Bonchev–Trinajstić information content (AvgIpc) is 2.75. The van der Waals surface area contributed by atoms with E-state index < -0.39 is 0 Å². The monoisotopic (exact) mass is 264 g/mol. The third-order valence-corrected chi connectivity index (χ3v) is 2.73. The van der Waals surface area contributed by atoms with Crippen LogP contribution in [0.1, 0.15) is 21.9 Å². The molecule has 0 bridgehead atoms. The van der Waals surface area contributed by atoms with E-state index in [1.165, 1.54) is 6.20 Å². The van der Waals surface area contributed by atoms with Crippen molar-refractivity contribution in [2.75, 3.05) is 7.05 Å². The molecule has 94 valence electrons. The third-order valence-electron chi connectivity index (χ3n) is 2.51. The Morgan fingerprint density at radius 1 is 1.39 bits per heavy atom. The summed E-state index contributed by atoms with van der Waals surface area (Å²) in [6.45, 7) is 2.30. The van der Waals surface area contributed by atoms with Crippen molar-refractivity contribution in [3.05, 3.63) is 52.7 Å². The van der Waals surface area contributed by atoms with E-state index in [2.05, 4.69) is 4.98 Å². The predicted molar refractivity (Wildman–Crippen MR) is 68.5 cm³/mol. The molecule has 0 saturated carbocycles. The predicted octanol–water partition coefficient (Wildman–Crippen LogP) is 2.91. The Balaban J connectivity index is 2.07. The topological polar surface area (TPSA) is 46.3 Å². The molecule has 2 rings (SSSR count). The molecule has 0 aliphatic heterocycles. The normalized spacial score (nSPS) is 10.4. The van der Waals surface area contributed by atoms with Crippen LogP contribution >= 0.6 is 11.6 Å². The summed E-state index contributed by atoms with van der Waals surface area (Å²) in [5.74, 6) is 1.47. The molecule has 0 aromatic carbocycles. The van der Waals surface area contributed by atoms with E-state index in [4.69, 9.17) is 16.0 Å². The van der Waals surface area contributed by atoms with Gasteiger partial charge in [0.15, 0.2) is 0 Å². The van der Waals surface area contributed by atoms with Gasteiger partial charge in [0.1, 0.15) is 16.7 Å². The standard InChI is InChI=1S/C13H13ClN2O2/c1-9-3-5-11(18-9)8-16(2)13(17)10-4-6-12(14)15-7-10/h3-7H,8H2,1-2H3. The Bertz CT molecular complexity index is 548. The number of hydrogen-bond acceptors (Lipinski definition) is 3. The van der Waals surface area contributed by atoms with Gasteiger partial charge < -0.3 is 9.32 Å². The molecular formula is C13H13ClN2O2. The van der Waals surface area contributed by atoms with Crippen molar-refractivity contribution >= 4 is 17.5 Å². The minimum absolute atomic E-state index is 0.117. The molecule has 0 aliphatic carbocycles. The van der Waals surface area contributed by atoms with Gasteiger partial charge in [0.05, 0.1) is 12.1 Å². The van der Waals surface area contributed by atoms with Crippen molar-refractivity contribution in [3.8, 4) is 0 Å². The van der Waals surface area contributed by atoms with Crippen LogP contribution in [0.25, 0.3) is 0 Å². The summed E-state index contributed by atoms with van der Waals surface area (Å²) in [5.41, 5.74) is 0.505. The smallest absolute Gasteiger partial charge is 0.255 e. The van der Waals surface area contributed by atoms with E-state index >= 15 is 0 Å². The fourth-order valence-electron chi connectivity index (χ4n) is 1.60. The number of rotatable bonds is 3. The van der Waals surface area contributed by atoms with Crippen molar-refractivity contribution in [1.82, 2.24) is 9.88 Å².